The summed E-state index contributed by atoms with van der Waals surface area (Å²) in [5.41, 5.74) is 7.12. The Morgan fingerprint density at radius 3 is 2.45 bits per heavy atom. The number of thioether (sulfide) groups is 1. The predicted octanol–water partition coefficient (Wildman–Crippen LogP) is 3.37. The molecule has 0 aliphatic rings. The Morgan fingerprint density at radius 2 is 1.90 bits per heavy atom. The van der Waals surface area contributed by atoms with Crippen molar-refractivity contribution in [2.45, 2.75) is 38.1 Å². The number of aromatic nitrogens is 2. The van der Waals surface area contributed by atoms with Gasteiger partial charge in [0.15, 0.2) is 0 Å². The molecule has 5 heteroatoms. The smallest absolute Gasteiger partial charge is 0.228 e. The van der Waals surface area contributed by atoms with Gasteiger partial charge in [-0.1, -0.05) is 25.9 Å². The zero-order valence-electron chi connectivity index (χ0n) is 12.4. The standard InChI is InChI=1S/C15H21N3OS/c1-15(2,3)12(16)9-13-17-14(18-19-13)10-5-7-11(20-4)8-6-10/h5-8,12H,9,16H2,1-4H3. The molecule has 1 unspecified atom stereocenters. The van der Waals surface area contributed by atoms with E-state index < -0.39 is 0 Å². The van der Waals surface area contributed by atoms with Crippen LogP contribution in [-0.4, -0.2) is 22.4 Å². The van der Waals surface area contributed by atoms with Crippen LogP contribution in [0.1, 0.15) is 26.7 Å². The highest BCUT2D eigenvalue weighted by molar-refractivity contribution is 7.98. The quantitative estimate of drug-likeness (QED) is 0.875. The first-order chi connectivity index (χ1) is 9.40. The summed E-state index contributed by atoms with van der Waals surface area (Å²) < 4.78 is 5.30. The first-order valence-electron chi connectivity index (χ1n) is 6.63. The summed E-state index contributed by atoms with van der Waals surface area (Å²) in [7, 11) is 0. The van der Waals surface area contributed by atoms with Crippen molar-refractivity contribution in [1.82, 2.24) is 10.1 Å². The fourth-order valence-electron chi connectivity index (χ4n) is 1.69. The Labute approximate surface area is 124 Å². The summed E-state index contributed by atoms with van der Waals surface area (Å²) in [5.74, 6) is 1.21. The van der Waals surface area contributed by atoms with Crippen LogP contribution in [0.4, 0.5) is 0 Å². The second-order valence-corrected chi connectivity index (χ2v) is 6.80. The van der Waals surface area contributed by atoms with Gasteiger partial charge in [0.1, 0.15) is 0 Å². The van der Waals surface area contributed by atoms with Gasteiger partial charge in [0.2, 0.25) is 11.7 Å². The van der Waals surface area contributed by atoms with Gasteiger partial charge in [0.25, 0.3) is 0 Å². The molecule has 1 atom stereocenters. The third-order valence-corrected chi connectivity index (χ3v) is 4.07. The van der Waals surface area contributed by atoms with Gasteiger partial charge in [-0.2, -0.15) is 4.98 Å². The van der Waals surface area contributed by atoms with Gasteiger partial charge >= 0.3 is 0 Å². The first kappa shape index (κ1) is 15.1. The van der Waals surface area contributed by atoms with E-state index in [-0.39, 0.29) is 11.5 Å². The maximum absolute atomic E-state index is 6.14. The van der Waals surface area contributed by atoms with E-state index in [0.29, 0.717) is 18.1 Å². The minimum atomic E-state index is -0.00494. The van der Waals surface area contributed by atoms with E-state index in [0.717, 1.165) is 5.56 Å². The van der Waals surface area contributed by atoms with E-state index >= 15 is 0 Å². The molecule has 0 aliphatic heterocycles. The van der Waals surface area contributed by atoms with Crippen LogP contribution in [0.25, 0.3) is 11.4 Å². The molecule has 0 amide bonds. The molecule has 0 spiro atoms. The Morgan fingerprint density at radius 1 is 1.25 bits per heavy atom. The molecule has 0 bridgehead atoms. The summed E-state index contributed by atoms with van der Waals surface area (Å²) in [4.78, 5) is 5.64. The lowest BCUT2D eigenvalue weighted by Crippen LogP contribution is -2.36. The highest BCUT2D eigenvalue weighted by Gasteiger charge is 2.23. The minimum Gasteiger partial charge on any atom is -0.339 e. The van der Waals surface area contributed by atoms with E-state index in [4.69, 9.17) is 10.3 Å². The Hall–Kier alpha value is -1.33. The predicted molar refractivity (Wildman–Crippen MR) is 82.6 cm³/mol. The van der Waals surface area contributed by atoms with Crippen molar-refractivity contribution in [2.24, 2.45) is 11.1 Å². The topological polar surface area (TPSA) is 64.9 Å². The average molecular weight is 291 g/mol. The number of hydrogen-bond donors (Lipinski definition) is 1. The monoisotopic (exact) mass is 291 g/mol. The molecular formula is C15H21N3OS. The number of nitrogens with two attached hydrogens (primary N) is 1. The van der Waals surface area contributed by atoms with Crippen molar-refractivity contribution in [2.75, 3.05) is 6.26 Å². The zero-order valence-corrected chi connectivity index (χ0v) is 13.2. The molecule has 1 aromatic carbocycles. The molecule has 20 heavy (non-hydrogen) atoms. The van der Waals surface area contributed by atoms with Crippen LogP contribution < -0.4 is 5.73 Å². The maximum atomic E-state index is 6.14. The number of nitrogens with zero attached hydrogens (tertiary/aromatic N) is 2. The van der Waals surface area contributed by atoms with Gasteiger partial charge in [-0.25, -0.2) is 0 Å². The molecule has 1 heterocycles. The van der Waals surface area contributed by atoms with Crippen molar-refractivity contribution in [3.05, 3.63) is 30.2 Å². The summed E-state index contributed by atoms with van der Waals surface area (Å²) in [5, 5.41) is 4.03. The maximum Gasteiger partial charge on any atom is 0.228 e. The van der Waals surface area contributed by atoms with Gasteiger partial charge in [0.05, 0.1) is 0 Å². The molecule has 2 N–H and O–H groups in total. The third-order valence-electron chi connectivity index (χ3n) is 3.32. The lowest BCUT2D eigenvalue weighted by molar-refractivity contribution is 0.286. The second kappa shape index (κ2) is 5.97. The van der Waals surface area contributed by atoms with E-state index in [2.05, 4.69) is 49.3 Å². The molecule has 1 aromatic heterocycles. The Balaban J connectivity index is 2.12. The van der Waals surface area contributed by atoms with Crippen molar-refractivity contribution < 1.29 is 4.52 Å². The van der Waals surface area contributed by atoms with Crippen LogP contribution in [0.2, 0.25) is 0 Å². The summed E-state index contributed by atoms with van der Waals surface area (Å²) in [6.45, 7) is 6.32. The minimum absolute atomic E-state index is 0.00494. The molecule has 0 aliphatic carbocycles. The van der Waals surface area contributed by atoms with Crippen LogP contribution in [0.15, 0.2) is 33.7 Å². The molecule has 2 aromatic rings. The van der Waals surface area contributed by atoms with Gasteiger partial charge in [-0.05, 0) is 35.9 Å². The molecular weight excluding hydrogens is 270 g/mol. The SMILES string of the molecule is CSc1ccc(-c2noc(CC(N)C(C)(C)C)n2)cc1. The fourth-order valence-corrected chi connectivity index (χ4v) is 2.10. The lowest BCUT2D eigenvalue weighted by Gasteiger charge is -2.25. The average Bonchev–Trinajstić information content (AvgIpc) is 2.86. The van der Waals surface area contributed by atoms with Crippen LogP contribution in [0.3, 0.4) is 0 Å². The van der Waals surface area contributed by atoms with Gasteiger partial charge in [0, 0.05) is 22.9 Å². The highest BCUT2D eigenvalue weighted by Crippen LogP contribution is 2.23. The largest absolute Gasteiger partial charge is 0.339 e. The molecule has 108 valence electrons. The Kier molecular flexibility index (Phi) is 4.50. The number of hydrogen-bond acceptors (Lipinski definition) is 5. The Bertz CT molecular complexity index is 557. The van der Waals surface area contributed by atoms with Gasteiger partial charge < -0.3 is 10.3 Å². The van der Waals surface area contributed by atoms with Crippen LogP contribution in [-0.2, 0) is 6.42 Å². The van der Waals surface area contributed by atoms with Crippen LogP contribution in [0, 0.1) is 5.41 Å². The highest BCUT2D eigenvalue weighted by atomic mass is 32.2. The van der Waals surface area contributed by atoms with E-state index in [9.17, 15) is 0 Å². The lowest BCUT2D eigenvalue weighted by atomic mass is 9.85. The third kappa shape index (κ3) is 3.61. The summed E-state index contributed by atoms with van der Waals surface area (Å²) in [6, 6.07) is 8.11. The van der Waals surface area contributed by atoms with Crippen molar-refractivity contribution in [1.29, 1.82) is 0 Å². The van der Waals surface area contributed by atoms with E-state index in [1.54, 1.807) is 11.8 Å². The van der Waals surface area contributed by atoms with Crippen LogP contribution >= 0.6 is 11.8 Å². The first-order valence-corrected chi connectivity index (χ1v) is 7.85. The molecule has 4 nitrogen and oxygen atoms in total. The van der Waals surface area contributed by atoms with E-state index in [1.165, 1.54) is 4.90 Å². The number of rotatable bonds is 4. The van der Waals surface area contributed by atoms with E-state index in [1.807, 2.05) is 12.1 Å². The van der Waals surface area contributed by atoms with Crippen molar-refractivity contribution in [3.8, 4) is 11.4 Å². The van der Waals surface area contributed by atoms with Gasteiger partial charge in [-0.15, -0.1) is 11.8 Å². The normalized spacial score (nSPS) is 13.4. The van der Waals surface area contributed by atoms with Gasteiger partial charge in [-0.3, -0.25) is 0 Å². The van der Waals surface area contributed by atoms with Crippen molar-refractivity contribution >= 4 is 11.8 Å². The summed E-state index contributed by atoms with van der Waals surface area (Å²) in [6.07, 6.45) is 2.65. The number of benzene rings is 1. The molecule has 0 saturated heterocycles. The second-order valence-electron chi connectivity index (χ2n) is 5.92. The molecule has 0 saturated carbocycles. The molecule has 2 rings (SSSR count). The zero-order chi connectivity index (χ0) is 14.8. The fraction of sp³-hybridized carbons (Fsp3) is 0.467. The molecule has 0 fully saturated rings. The summed E-state index contributed by atoms with van der Waals surface area (Å²) >= 11 is 1.71. The van der Waals surface area contributed by atoms with Crippen molar-refractivity contribution in [3.63, 3.8) is 0 Å². The molecule has 0 radical (unpaired) electrons. The van der Waals surface area contributed by atoms with Crippen LogP contribution in [0.5, 0.6) is 0 Å².